The van der Waals surface area contributed by atoms with Gasteiger partial charge in [0, 0.05) is 12.0 Å². The molecule has 6 nitrogen and oxygen atoms in total. The molecule has 0 aromatic heterocycles. The maximum Gasteiger partial charge on any atom is 0.309 e. The second-order valence-electron chi connectivity index (χ2n) is 5.52. The van der Waals surface area contributed by atoms with Gasteiger partial charge in [-0.15, -0.1) is 0 Å². The third-order valence-corrected chi connectivity index (χ3v) is 4.82. The SMILES string of the molecule is COC(=O)Cc1ccc(S(=O)(=O)NCC2(C)COC2)cc1. The molecule has 1 fully saturated rings. The van der Waals surface area contributed by atoms with Crippen molar-refractivity contribution in [2.45, 2.75) is 18.2 Å². The number of hydrogen-bond donors (Lipinski definition) is 1. The van der Waals surface area contributed by atoms with Gasteiger partial charge in [0.05, 0.1) is 31.6 Å². The van der Waals surface area contributed by atoms with Crippen molar-refractivity contribution in [1.82, 2.24) is 4.72 Å². The highest BCUT2D eigenvalue weighted by molar-refractivity contribution is 7.89. The van der Waals surface area contributed by atoms with Crippen molar-refractivity contribution in [3.63, 3.8) is 0 Å². The zero-order valence-corrected chi connectivity index (χ0v) is 12.9. The lowest BCUT2D eigenvalue weighted by molar-refractivity contribution is -0.139. The molecule has 1 aliphatic heterocycles. The van der Waals surface area contributed by atoms with Crippen LogP contribution in [0.4, 0.5) is 0 Å². The summed E-state index contributed by atoms with van der Waals surface area (Å²) in [6, 6.07) is 6.19. The van der Waals surface area contributed by atoms with Crippen molar-refractivity contribution in [3.05, 3.63) is 29.8 Å². The highest BCUT2D eigenvalue weighted by atomic mass is 32.2. The van der Waals surface area contributed by atoms with Crippen molar-refractivity contribution in [2.75, 3.05) is 26.9 Å². The minimum atomic E-state index is -3.54. The lowest BCUT2D eigenvalue weighted by Crippen LogP contribution is -2.48. The average molecular weight is 313 g/mol. The van der Waals surface area contributed by atoms with Gasteiger partial charge in [-0.2, -0.15) is 0 Å². The van der Waals surface area contributed by atoms with Gasteiger partial charge in [-0.1, -0.05) is 19.1 Å². The van der Waals surface area contributed by atoms with Crippen LogP contribution >= 0.6 is 0 Å². The molecular weight excluding hydrogens is 294 g/mol. The van der Waals surface area contributed by atoms with Crippen LogP contribution in [-0.4, -0.2) is 41.3 Å². The average Bonchev–Trinajstić information content (AvgIpc) is 2.43. The molecule has 1 aliphatic rings. The molecule has 1 aromatic carbocycles. The van der Waals surface area contributed by atoms with E-state index in [4.69, 9.17) is 4.74 Å². The minimum absolute atomic E-state index is 0.125. The Morgan fingerprint density at radius 1 is 1.33 bits per heavy atom. The Morgan fingerprint density at radius 2 is 1.95 bits per heavy atom. The maximum atomic E-state index is 12.2. The van der Waals surface area contributed by atoms with Crippen molar-refractivity contribution >= 4 is 16.0 Å². The van der Waals surface area contributed by atoms with Crippen LogP contribution in [0.2, 0.25) is 0 Å². The smallest absolute Gasteiger partial charge is 0.309 e. The lowest BCUT2D eigenvalue weighted by Gasteiger charge is -2.37. The summed E-state index contributed by atoms with van der Waals surface area (Å²) in [6.45, 7) is 3.44. The van der Waals surface area contributed by atoms with Crippen LogP contribution in [0.5, 0.6) is 0 Å². The molecule has 0 atom stereocenters. The van der Waals surface area contributed by atoms with Crippen LogP contribution in [0.1, 0.15) is 12.5 Å². The summed E-state index contributed by atoms with van der Waals surface area (Å²) in [5, 5.41) is 0. The Bertz CT molecular complexity index is 605. The number of carbonyl (C=O) groups is 1. The number of sulfonamides is 1. The fourth-order valence-electron chi connectivity index (χ4n) is 1.93. The zero-order valence-electron chi connectivity index (χ0n) is 12.1. The van der Waals surface area contributed by atoms with Crippen molar-refractivity contribution in [1.29, 1.82) is 0 Å². The highest BCUT2D eigenvalue weighted by Gasteiger charge is 2.34. The molecule has 0 unspecified atom stereocenters. The molecule has 1 aromatic rings. The molecule has 1 heterocycles. The fourth-order valence-corrected chi connectivity index (χ4v) is 3.13. The van der Waals surface area contributed by atoms with Gasteiger partial charge in [0.25, 0.3) is 0 Å². The molecule has 1 saturated heterocycles. The van der Waals surface area contributed by atoms with E-state index in [-0.39, 0.29) is 22.7 Å². The van der Waals surface area contributed by atoms with Crippen molar-refractivity contribution in [3.8, 4) is 0 Å². The van der Waals surface area contributed by atoms with Gasteiger partial charge in [0.15, 0.2) is 0 Å². The number of methoxy groups -OCH3 is 1. The number of ether oxygens (including phenoxy) is 2. The first-order valence-electron chi connectivity index (χ1n) is 6.58. The number of nitrogens with one attached hydrogen (secondary N) is 1. The third-order valence-electron chi connectivity index (χ3n) is 3.40. The normalized spacial score (nSPS) is 17.0. The van der Waals surface area contributed by atoms with Crippen LogP contribution < -0.4 is 4.72 Å². The number of carbonyl (C=O) groups excluding carboxylic acids is 1. The van der Waals surface area contributed by atoms with E-state index in [0.29, 0.717) is 25.3 Å². The molecule has 1 N–H and O–H groups in total. The Kier molecular flexibility index (Phi) is 4.65. The first-order valence-corrected chi connectivity index (χ1v) is 8.06. The molecule has 0 radical (unpaired) electrons. The zero-order chi connectivity index (χ0) is 15.5. The molecule has 0 saturated carbocycles. The summed E-state index contributed by atoms with van der Waals surface area (Å²) in [5.41, 5.74) is 0.581. The Hall–Kier alpha value is -1.44. The maximum absolute atomic E-state index is 12.2. The van der Waals surface area contributed by atoms with Crippen LogP contribution in [0.25, 0.3) is 0 Å². The van der Waals surface area contributed by atoms with Gasteiger partial charge in [-0.05, 0) is 17.7 Å². The number of benzene rings is 1. The quantitative estimate of drug-likeness (QED) is 0.783. The summed E-state index contributed by atoms with van der Waals surface area (Å²) >= 11 is 0. The van der Waals surface area contributed by atoms with E-state index in [2.05, 4.69) is 9.46 Å². The van der Waals surface area contributed by atoms with E-state index in [9.17, 15) is 13.2 Å². The summed E-state index contributed by atoms with van der Waals surface area (Å²) in [4.78, 5) is 11.3. The fraction of sp³-hybridized carbons (Fsp3) is 0.500. The first-order chi connectivity index (χ1) is 9.85. The second-order valence-corrected chi connectivity index (χ2v) is 7.29. The summed E-state index contributed by atoms with van der Waals surface area (Å²) < 4.78 is 36.6. The van der Waals surface area contributed by atoms with Gasteiger partial charge in [-0.3, -0.25) is 4.79 Å². The molecule has 0 spiro atoms. The van der Waals surface area contributed by atoms with Gasteiger partial charge in [0.2, 0.25) is 10.0 Å². The third kappa shape index (κ3) is 4.03. The van der Waals surface area contributed by atoms with Gasteiger partial charge < -0.3 is 9.47 Å². The van der Waals surface area contributed by atoms with E-state index in [0.717, 1.165) is 0 Å². The number of esters is 1. The van der Waals surface area contributed by atoms with Crippen molar-refractivity contribution in [2.24, 2.45) is 5.41 Å². The van der Waals surface area contributed by atoms with Gasteiger partial charge >= 0.3 is 5.97 Å². The monoisotopic (exact) mass is 313 g/mol. The Balaban J connectivity index is 2.01. The van der Waals surface area contributed by atoms with Gasteiger partial charge in [0.1, 0.15) is 0 Å². The van der Waals surface area contributed by atoms with E-state index in [1.807, 2.05) is 6.92 Å². The van der Waals surface area contributed by atoms with Gasteiger partial charge in [-0.25, -0.2) is 13.1 Å². The summed E-state index contributed by atoms with van der Waals surface area (Å²) in [7, 11) is -2.23. The molecular formula is C14H19NO5S. The van der Waals surface area contributed by atoms with E-state index < -0.39 is 10.0 Å². The van der Waals surface area contributed by atoms with Crippen LogP contribution in [0, 0.1) is 5.41 Å². The van der Waals surface area contributed by atoms with Crippen molar-refractivity contribution < 1.29 is 22.7 Å². The Labute approximate surface area is 124 Å². The van der Waals surface area contributed by atoms with Crippen LogP contribution in [0.15, 0.2) is 29.2 Å². The number of rotatable bonds is 6. The minimum Gasteiger partial charge on any atom is -0.469 e. The summed E-state index contributed by atoms with van der Waals surface area (Å²) in [6.07, 6.45) is 0.125. The highest BCUT2D eigenvalue weighted by Crippen LogP contribution is 2.25. The second kappa shape index (κ2) is 6.13. The first kappa shape index (κ1) is 15.9. The molecule has 0 amide bonds. The molecule has 21 heavy (non-hydrogen) atoms. The predicted molar refractivity (Wildman–Crippen MR) is 76.3 cm³/mol. The summed E-state index contributed by atoms with van der Waals surface area (Å²) in [5.74, 6) is -0.360. The van der Waals surface area contributed by atoms with E-state index in [1.165, 1.54) is 19.2 Å². The van der Waals surface area contributed by atoms with Crippen LogP contribution in [0.3, 0.4) is 0 Å². The molecule has 116 valence electrons. The largest absolute Gasteiger partial charge is 0.469 e. The predicted octanol–water partition coefficient (Wildman–Crippen LogP) is 0.717. The lowest BCUT2D eigenvalue weighted by atomic mass is 9.89. The molecule has 2 rings (SSSR count). The molecule has 0 aliphatic carbocycles. The number of hydrogen-bond acceptors (Lipinski definition) is 5. The van der Waals surface area contributed by atoms with E-state index in [1.54, 1.807) is 12.1 Å². The standard InChI is InChI=1S/C14H19NO5S/c1-14(9-20-10-14)8-15-21(17,18)12-5-3-11(4-6-12)7-13(16)19-2/h3-6,15H,7-10H2,1-2H3. The van der Waals surface area contributed by atoms with E-state index >= 15 is 0 Å². The molecule has 0 bridgehead atoms. The van der Waals surface area contributed by atoms with Crippen LogP contribution in [-0.2, 0) is 30.7 Å². The molecule has 7 heteroatoms. The Morgan fingerprint density at radius 3 is 2.43 bits per heavy atom. The topological polar surface area (TPSA) is 81.7 Å².